The lowest BCUT2D eigenvalue weighted by Crippen LogP contribution is -2.18. The molecule has 1 aliphatic carbocycles. The SMILES string of the molecule is Cc1cc(F)ccc1C1CCC([N])CC1. The van der Waals surface area contributed by atoms with Gasteiger partial charge in [-0.2, -0.15) is 0 Å². The van der Waals surface area contributed by atoms with E-state index in [4.69, 9.17) is 0 Å². The molecule has 0 spiro atoms. The fourth-order valence-corrected chi connectivity index (χ4v) is 2.48. The topological polar surface area (TPSA) is 22.3 Å². The lowest BCUT2D eigenvalue weighted by molar-refractivity contribution is 0.387. The molecular weight excluding hydrogens is 189 g/mol. The minimum absolute atomic E-state index is 0.123. The molecule has 0 bridgehead atoms. The monoisotopic (exact) mass is 205 g/mol. The van der Waals surface area contributed by atoms with E-state index in [1.54, 1.807) is 6.07 Å². The predicted octanol–water partition coefficient (Wildman–Crippen LogP) is 3.23. The Bertz CT molecular complexity index is 340. The molecule has 0 heterocycles. The number of hydrogen-bond donors (Lipinski definition) is 0. The first kappa shape index (κ1) is 10.6. The van der Waals surface area contributed by atoms with Gasteiger partial charge in [-0.25, -0.2) is 4.39 Å². The second-order valence-electron chi connectivity index (χ2n) is 4.51. The summed E-state index contributed by atoms with van der Waals surface area (Å²) in [6.45, 7) is 1.96. The fourth-order valence-electron chi connectivity index (χ4n) is 2.48. The molecule has 80 valence electrons. The van der Waals surface area contributed by atoms with Crippen molar-refractivity contribution in [2.24, 2.45) is 0 Å². The van der Waals surface area contributed by atoms with Gasteiger partial charge in [0.1, 0.15) is 5.82 Å². The van der Waals surface area contributed by atoms with Gasteiger partial charge in [0.05, 0.1) is 0 Å². The minimum Gasteiger partial charge on any atom is -0.207 e. The zero-order valence-electron chi connectivity index (χ0n) is 9.04. The molecule has 1 nitrogen and oxygen atoms in total. The quantitative estimate of drug-likeness (QED) is 0.671. The Morgan fingerprint density at radius 2 is 1.87 bits per heavy atom. The molecule has 2 rings (SSSR count). The minimum atomic E-state index is -0.160. The van der Waals surface area contributed by atoms with Crippen molar-refractivity contribution in [2.75, 3.05) is 0 Å². The summed E-state index contributed by atoms with van der Waals surface area (Å²) in [4.78, 5) is 0. The largest absolute Gasteiger partial charge is 0.207 e. The van der Waals surface area contributed by atoms with Gasteiger partial charge in [-0.3, -0.25) is 0 Å². The van der Waals surface area contributed by atoms with Crippen LogP contribution >= 0.6 is 0 Å². The summed E-state index contributed by atoms with van der Waals surface area (Å²) >= 11 is 0. The van der Waals surface area contributed by atoms with Crippen LogP contribution < -0.4 is 5.73 Å². The van der Waals surface area contributed by atoms with Gasteiger partial charge in [-0.05, 0) is 61.8 Å². The van der Waals surface area contributed by atoms with E-state index in [2.05, 4.69) is 0 Å². The van der Waals surface area contributed by atoms with Crippen LogP contribution in [0.4, 0.5) is 4.39 Å². The molecule has 0 amide bonds. The maximum Gasteiger partial charge on any atom is 0.123 e. The van der Waals surface area contributed by atoms with Crippen molar-refractivity contribution in [3.05, 3.63) is 35.1 Å². The van der Waals surface area contributed by atoms with Gasteiger partial charge in [0.25, 0.3) is 0 Å². The molecule has 15 heavy (non-hydrogen) atoms. The van der Waals surface area contributed by atoms with Crippen molar-refractivity contribution in [3.8, 4) is 0 Å². The van der Waals surface area contributed by atoms with Crippen LogP contribution in [0.3, 0.4) is 0 Å². The average molecular weight is 205 g/mol. The highest BCUT2D eigenvalue weighted by Crippen LogP contribution is 2.34. The van der Waals surface area contributed by atoms with Crippen LogP contribution in [0.1, 0.15) is 42.7 Å². The van der Waals surface area contributed by atoms with Crippen LogP contribution in [0.25, 0.3) is 0 Å². The summed E-state index contributed by atoms with van der Waals surface area (Å²) in [5.74, 6) is 0.348. The van der Waals surface area contributed by atoms with Crippen LogP contribution in [0.5, 0.6) is 0 Å². The average Bonchev–Trinajstić information content (AvgIpc) is 2.20. The molecule has 1 saturated carbocycles. The standard InChI is InChI=1S/C13H16FN/c1-9-8-11(14)4-7-13(9)10-2-5-12(15)6-3-10/h4,7-8,10,12H,2-3,5-6H2,1H3. The number of aryl methyl sites for hydroxylation is 1. The van der Waals surface area contributed by atoms with Crippen LogP contribution in [0, 0.1) is 12.7 Å². The van der Waals surface area contributed by atoms with Crippen LogP contribution in [0.2, 0.25) is 0 Å². The van der Waals surface area contributed by atoms with Crippen molar-refractivity contribution in [2.45, 2.75) is 44.6 Å². The van der Waals surface area contributed by atoms with E-state index in [1.165, 1.54) is 11.6 Å². The van der Waals surface area contributed by atoms with Crippen LogP contribution in [-0.4, -0.2) is 6.04 Å². The molecule has 0 atom stereocenters. The Morgan fingerprint density at radius 1 is 1.20 bits per heavy atom. The Morgan fingerprint density at radius 3 is 2.47 bits per heavy atom. The summed E-state index contributed by atoms with van der Waals surface area (Å²) in [6, 6.07) is 4.91. The number of hydrogen-bond acceptors (Lipinski definition) is 0. The van der Waals surface area contributed by atoms with E-state index in [-0.39, 0.29) is 11.9 Å². The molecule has 0 aliphatic heterocycles. The van der Waals surface area contributed by atoms with Crippen molar-refractivity contribution in [1.82, 2.24) is 5.73 Å². The maximum atomic E-state index is 12.9. The van der Waals surface area contributed by atoms with E-state index in [9.17, 15) is 10.1 Å². The third-order valence-electron chi connectivity index (χ3n) is 3.37. The summed E-state index contributed by atoms with van der Waals surface area (Å²) in [5.41, 5.74) is 11.7. The highest BCUT2D eigenvalue weighted by Gasteiger charge is 2.22. The first-order valence-electron chi connectivity index (χ1n) is 5.61. The smallest absolute Gasteiger partial charge is 0.123 e. The molecule has 0 aromatic heterocycles. The van der Waals surface area contributed by atoms with Crippen molar-refractivity contribution < 1.29 is 4.39 Å². The first-order chi connectivity index (χ1) is 7.16. The second kappa shape index (κ2) is 4.31. The third kappa shape index (κ3) is 2.37. The van der Waals surface area contributed by atoms with Gasteiger partial charge in [-0.15, -0.1) is 5.73 Å². The molecule has 0 N–H and O–H groups in total. The highest BCUT2D eigenvalue weighted by atomic mass is 19.1. The van der Waals surface area contributed by atoms with Crippen molar-refractivity contribution >= 4 is 0 Å². The van der Waals surface area contributed by atoms with Gasteiger partial charge in [0, 0.05) is 6.04 Å². The van der Waals surface area contributed by atoms with E-state index in [0.717, 1.165) is 31.2 Å². The Labute approximate surface area is 90.5 Å². The van der Waals surface area contributed by atoms with E-state index >= 15 is 0 Å². The Kier molecular flexibility index (Phi) is 3.06. The van der Waals surface area contributed by atoms with E-state index in [1.807, 2.05) is 13.0 Å². The van der Waals surface area contributed by atoms with Gasteiger partial charge >= 0.3 is 0 Å². The first-order valence-corrected chi connectivity index (χ1v) is 5.61. The van der Waals surface area contributed by atoms with E-state index in [0.29, 0.717) is 5.92 Å². The summed E-state index contributed by atoms with van der Waals surface area (Å²) in [7, 11) is 0. The third-order valence-corrected chi connectivity index (χ3v) is 3.37. The van der Waals surface area contributed by atoms with Crippen molar-refractivity contribution in [3.63, 3.8) is 0 Å². The molecular formula is C13H16FN. The Balaban J connectivity index is 2.15. The molecule has 1 fully saturated rings. The normalized spacial score (nSPS) is 26.6. The fraction of sp³-hybridized carbons (Fsp3) is 0.538. The molecule has 2 heteroatoms. The van der Waals surface area contributed by atoms with Gasteiger partial charge in [0.2, 0.25) is 0 Å². The number of halogens is 1. The van der Waals surface area contributed by atoms with Gasteiger partial charge in [-0.1, -0.05) is 6.07 Å². The molecule has 0 saturated heterocycles. The highest BCUT2D eigenvalue weighted by molar-refractivity contribution is 5.30. The predicted molar refractivity (Wildman–Crippen MR) is 58.3 cm³/mol. The number of benzene rings is 1. The number of rotatable bonds is 1. The lowest BCUT2D eigenvalue weighted by atomic mass is 9.80. The molecule has 1 aliphatic rings. The molecule has 1 aromatic carbocycles. The van der Waals surface area contributed by atoms with Gasteiger partial charge in [0.15, 0.2) is 0 Å². The Hall–Kier alpha value is -0.890. The molecule has 2 radical (unpaired) electrons. The summed E-state index contributed by atoms with van der Waals surface area (Å²) in [6.07, 6.45) is 3.80. The van der Waals surface area contributed by atoms with Crippen LogP contribution in [-0.2, 0) is 0 Å². The summed E-state index contributed by atoms with van der Waals surface area (Å²) < 4.78 is 12.9. The zero-order chi connectivity index (χ0) is 10.8. The zero-order valence-corrected chi connectivity index (χ0v) is 9.04. The summed E-state index contributed by atoms with van der Waals surface area (Å²) in [5, 5.41) is 0. The maximum absolute atomic E-state index is 12.9. The van der Waals surface area contributed by atoms with Gasteiger partial charge < -0.3 is 0 Å². The number of nitrogens with zero attached hydrogens (tertiary/aromatic N) is 1. The lowest BCUT2D eigenvalue weighted by Gasteiger charge is -2.26. The van der Waals surface area contributed by atoms with Crippen LogP contribution in [0.15, 0.2) is 18.2 Å². The van der Waals surface area contributed by atoms with E-state index < -0.39 is 0 Å². The molecule has 0 unspecified atom stereocenters. The molecule has 1 aromatic rings. The van der Waals surface area contributed by atoms with Crippen molar-refractivity contribution in [1.29, 1.82) is 0 Å². The second-order valence-corrected chi connectivity index (χ2v) is 4.51.